The van der Waals surface area contributed by atoms with Crippen LogP contribution in [-0.4, -0.2) is 65.3 Å². The molecule has 2 saturated heterocycles. The standard InChI is InChI=1S/C28H29F3N3O4P.C5H10.CH2O2/c1-17-25(18-7-6-8-19(13-18)38-28(29,30)31)37-26(35)34(17)14-22-20(21-9-4-5-10-23(21)36-3)11-12-24(32-22)33-15-27(2,39)16-33;1-5-3-2-4-5;2-1-3/h4-13,17,25H,14-16,39H2,1-3H3;5H,2-4H2,1H3;1H,(H,2,3). The zero-order valence-electron chi connectivity index (χ0n) is 26.9. The summed E-state index contributed by atoms with van der Waals surface area (Å²) >= 11 is 0. The first-order valence-corrected chi connectivity index (χ1v) is 15.9. The van der Waals surface area contributed by atoms with Crippen molar-refractivity contribution in [2.24, 2.45) is 5.92 Å². The highest BCUT2D eigenvalue weighted by molar-refractivity contribution is 7.19. The topological polar surface area (TPSA) is 101 Å². The van der Waals surface area contributed by atoms with Crippen LogP contribution in [0.1, 0.15) is 57.4 Å². The summed E-state index contributed by atoms with van der Waals surface area (Å²) < 4.78 is 53.5. The number of hydrogen-bond donors (Lipinski definition) is 1. The molecular weight excluding hydrogens is 634 g/mol. The van der Waals surface area contributed by atoms with Crippen molar-refractivity contribution in [3.8, 4) is 22.6 Å². The number of ether oxygens (including phenoxy) is 3. The van der Waals surface area contributed by atoms with Crippen LogP contribution in [0.5, 0.6) is 11.5 Å². The van der Waals surface area contributed by atoms with Gasteiger partial charge in [-0.3, -0.25) is 9.69 Å². The zero-order valence-corrected chi connectivity index (χ0v) is 28.0. The lowest BCUT2D eigenvalue weighted by atomic mass is 9.88. The van der Waals surface area contributed by atoms with Crippen LogP contribution in [0.15, 0.2) is 60.7 Å². The first kappa shape index (κ1) is 35.8. The van der Waals surface area contributed by atoms with Crippen LogP contribution in [0, 0.1) is 5.92 Å². The van der Waals surface area contributed by atoms with Crippen LogP contribution in [0.25, 0.3) is 11.1 Å². The Labute approximate surface area is 275 Å². The molecule has 3 fully saturated rings. The number of rotatable bonds is 7. The van der Waals surface area contributed by atoms with E-state index in [1.54, 1.807) is 25.0 Å². The van der Waals surface area contributed by atoms with Crippen molar-refractivity contribution in [2.75, 3.05) is 25.1 Å². The van der Waals surface area contributed by atoms with Gasteiger partial charge in [-0.1, -0.05) is 63.4 Å². The number of methoxy groups -OCH3 is 1. The Bertz CT molecular complexity index is 1530. The van der Waals surface area contributed by atoms with E-state index in [1.165, 1.54) is 37.5 Å². The molecule has 0 radical (unpaired) electrons. The van der Waals surface area contributed by atoms with E-state index in [2.05, 4.69) is 32.7 Å². The zero-order chi connectivity index (χ0) is 34.4. The van der Waals surface area contributed by atoms with Gasteiger partial charge in [-0.15, -0.1) is 22.4 Å². The molecule has 2 aromatic carbocycles. The second-order valence-electron chi connectivity index (χ2n) is 12.3. The van der Waals surface area contributed by atoms with Crippen molar-refractivity contribution in [3.05, 3.63) is 71.9 Å². The van der Waals surface area contributed by atoms with E-state index in [4.69, 9.17) is 24.4 Å². The molecule has 1 N–H and O–H groups in total. The number of benzene rings is 2. The Balaban J connectivity index is 0.000000554. The maximum atomic E-state index is 13.1. The van der Waals surface area contributed by atoms with E-state index in [0.717, 1.165) is 36.0 Å². The van der Waals surface area contributed by atoms with Crippen LogP contribution in [0.2, 0.25) is 0 Å². The molecule has 1 aromatic heterocycles. The minimum Gasteiger partial charge on any atom is -0.496 e. The van der Waals surface area contributed by atoms with Gasteiger partial charge in [0.1, 0.15) is 23.4 Å². The molecule has 254 valence electrons. The number of pyridine rings is 1. The molecule has 13 heteroatoms. The van der Waals surface area contributed by atoms with E-state index in [0.29, 0.717) is 17.0 Å². The summed E-state index contributed by atoms with van der Waals surface area (Å²) in [7, 11) is 4.46. The molecule has 3 unspecified atom stereocenters. The second-order valence-corrected chi connectivity index (χ2v) is 13.7. The summed E-state index contributed by atoms with van der Waals surface area (Å²) in [5.74, 6) is 2.17. The molecule has 1 amide bonds. The molecule has 47 heavy (non-hydrogen) atoms. The lowest BCUT2D eigenvalue weighted by Crippen LogP contribution is -2.56. The number of hydrogen-bond acceptors (Lipinski definition) is 7. The van der Waals surface area contributed by atoms with Crippen molar-refractivity contribution >= 4 is 27.6 Å². The highest BCUT2D eigenvalue weighted by Crippen LogP contribution is 2.40. The maximum Gasteiger partial charge on any atom is 0.573 e. The number of alkyl halides is 3. The van der Waals surface area contributed by atoms with Gasteiger partial charge in [0.25, 0.3) is 6.47 Å². The van der Waals surface area contributed by atoms with Crippen LogP contribution in [0.4, 0.5) is 23.8 Å². The number of amides is 1. The Morgan fingerprint density at radius 3 is 2.32 bits per heavy atom. The number of cyclic esters (lactones) is 1. The van der Waals surface area contributed by atoms with Crippen molar-refractivity contribution in [1.29, 1.82) is 0 Å². The molecule has 3 atom stereocenters. The number of nitrogens with zero attached hydrogens (tertiary/aromatic N) is 3. The van der Waals surface area contributed by atoms with E-state index in [1.807, 2.05) is 36.4 Å². The number of carbonyl (C=O) groups excluding carboxylic acids is 1. The molecule has 3 aliphatic rings. The van der Waals surface area contributed by atoms with Crippen molar-refractivity contribution in [3.63, 3.8) is 0 Å². The molecule has 2 aliphatic heterocycles. The van der Waals surface area contributed by atoms with E-state index in [-0.39, 0.29) is 23.9 Å². The van der Waals surface area contributed by atoms with Gasteiger partial charge in [-0.25, -0.2) is 9.78 Å². The van der Waals surface area contributed by atoms with E-state index < -0.39 is 24.6 Å². The molecule has 1 aliphatic carbocycles. The average molecular weight is 676 g/mol. The van der Waals surface area contributed by atoms with Crippen LogP contribution >= 0.6 is 9.24 Å². The predicted molar refractivity (Wildman–Crippen MR) is 176 cm³/mol. The summed E-state index contributed by atoms with van der Waals surface area (Å²) in [6.45, 7) is 7.83. The highest BCUT2D eigenvalue weighted by Gasteiger charge is 2.41. The van der Waals surface area contributed by atoms with Gasteiger partial charge in [0, 0.05) is 29.4 Å². The fraction of sp³-hybridized carbons (Fsp3) is 0.441. The summed E-state index contributed by atoms with van der Waals surface area (Å²) in [6, 6.07) is 16.6. The minimum atomic E-state index is -4.82. The molecule has 0 bridgehead atoms. The van der Waals surface area contributed by atoms with Gasteiger partial charge in [0.05, 0.1) is 25.4 Å². The lowest BCUT2D eigenvalue weighted by Gasteiger charge is -2.46. The Morgan fingerprint density at radius 1 is 1.09 bits per heavy atom. The average Bonchev–Trinajstić information content (AvgIpc) is 3.27. The Morgan fingerprint density at radius 2 is 1.74 bits per heavy atom. The minimum absolute atomic E-state index is 0.119. The van der Waals surface area contributed by atoms with Gasteiger partial charge >= 0.3 is 12.5 Å². The number of carbonyl (C=O) groups is 2. The number of halogens is 3. The summed E-state index contributed by atoms with van der Waals surface area (Å²) in [6.07, 6.45) is -1.71. The number of para-hydroxylation sites is 1. The summed E-state index contributed by atoms with van der Waals surface area (Å²) in [5, 5.41) is 7.01. The molecule has 1 saturated carbocycles. The highest BCUT2D eigenvalue weighted by atomic mass is 31.0. The third-order valence-electron chi connectivity index (χ3n) is 8.31. The smallest absolute Gasteiger partial charge is 0.496 e. The molecule has 9 nitrogen and oxygen atoms in total. The van der Waals surface area contributed by atoms with Crippen LogP contribution < -0.4 is 14.4 Å². The van der Waals surface area contributed by atoms with Crippen molar-refractivity contribution in [2.45, 2.75) is 70.2 Å². The fourth-order valence-electron chi connectivity index (χ4n) is 5.71. The normalized spacial score (nSPS) is 20.0. The Kier molecular flexibility index (Phi) is 11.6. The quantitative estimate of drug-likeness (QED) is 0.201. The van der Waals surface area contributed by atoms with Crippen LogP contribution in [0.3, 0.4) is 0 Å². The van der Waals surface area contributed by atoms with E-state index >= 15 is 0 Å². The fourth-order valence-corrected chi connectivity index (χ4v) is 6.15. The van der Waals surface area contributed by atoms with Crippen molar-refractivity contribution < 1.29 is 42.1 Å². The lowest BCUT2D eigenvalue weighted by molar-refractivity contribution is -0.274. The monoisotopic (exact) mass is 675 g/mol. The number of aromatic nitrogens is 1. The molecular formula is C34H41F3N3O6P. The SMILES string of the molecule is CC1CCC1.COc1ccccc1-c1ccc(N2CC(C)(P)C2)nc1CN1C(=O)OC(c2cccc(OC(F)(F)F)c2)C1C.O=CO. The molecule has 3 aromatic rings. The first-order chi connectivity index (χ1) is 22.2. The first-order valence-electron chi connectivity index (χ1n) is 15.3. The third kappa shape index (κ3) is 9.28. The van der Waals surface area contributed by atoms with Crippen molar-refractivity contribution in [1.82, 2.24) is 9.88 Å². The second kappa shape index (κ2) is 15.2. The number of carboxylic acid groups (broad SMARTS) is 1. The van der Waals surface area contributed by atoms with Gasteiger partial charge in [-0.05, 0) is 48.7 Å². The van der Waals surface area contributed by atoms with Gasteiger partial charge in [0.2, 0.25) is 0 Å². The van der Waals surface area contributed by atoms with E-state index in [9.17, 15) is 18.0 Å². The Hall–Kier alpha value is -4.05. The predicted octanol–water partition coefficient (Wildman–Crippen LogP) is 7.70. The molecule has 0 spiro atoms. The van der Waals surface area contributed by atoms with Gasteiger partial charge in [0.15, 0.2) is 0 Å². The summed E-state index contributed by atoms with van der Waals surface area (Å²) in [4.78, 5) is 30.1. The van der Waals surface area contributed by atoms with Gasteiger partial charge in [-0.2, -0.15) is 0 Å². The third-order valence-corrected chi connectivity index (χ3v) is 8.68. The van der Waals surface area contributed by atoms with Gasteiger partial charge < -0.3 is 24.2 Å². The summed E-state index contributed by atoms with van der Waals surface area (Å²) in [5.41, 5.74) is 2.72. The largest absolute Gasteiger partial charge is 0.573 e. The molecule has 6 rings (SSSR count). The number of anilines is 1. The maximum absolute atomic E-state index is 13.1. The molecule has 3 heterocycles. The van der Waals surface area contributed by atoms with Crippen LogP contribution in [-0.2, 0) is 16.1 Å².